The predicted molar refractivity (Wildman–Crippen MR) is 62.4 cm³/mol. The summed E-state index contributed by atoms with van der Waals surface area (Å²) in [6.45, 7) is 4.10. The number of hydrogen-bond acceptors (Lipinski definition) is 3. The van der Waals surface area contributed by atoms with Gasteiger partial charge in [0.15, 0.2) is 11.5 Å². The molecule has 1 heterocycles. The Morgan fingerprint density at radius 1 is 1.41 bits per heavy atom. The topological polar surface area (TPSA) is 55.8 Å². The van der Waals surface area contributed by atoms with E-state index in [4.69, 9.17) is 14.6 Å². The van der Waals surface area contributed by atoms with Crippen LogP contribution >= 0.6 is 0 Å². The van der Waals surface area contributed by atoms with Crippen LogP contribution in [0.4, 0.5) is 0 Å². The molecule has 1 aliphatic rings. The zero-order valence-corrected chi connectivity index (χ0v) is 10.0. The van der Waals surface area contributed by atoms with Crippen LogP contribution in [-0.4, -0.2) is 17.9 Å². The molecule has 1 atom stereocenters. The summed E-state index contributed by atoms with van der Waals surface area (Å²) in [5.74, 6) is 0.374. The summed E-state index contributed by atoms with van der Waals surface area (Å²) >= 11 is 0. The molecular weight excluding hydrogens is 220 g/mol. The predicted octanol–water partition coefficient (Wildman–Crippen LogP) is 2.38. The fourth-order valence-electron chi connectivity index (χ4n) is 1.98. The van der Waals surface area contributed by atoms with Crippen LogP contribution in [0.15, 0.2) is 12.1 Å². The van der Waals surface area contributed by atoms with Gasteiger partial charge in [0.25, 0.3) is 0 Å². The summed E-state index contributed by atoms with van der Waals surface area (Å²) in [5, 5.41) is 9.06. The third-order valence-electron chi connectivity index (χ3n) is 3.14. The van der Waals surface area contributed by atoms with E-state index in [1.807, 2.05) is 26.0 Å². The Balaban J connectivity index is 2.24. The SMILES string of the molecule is CCC(Cc1cc2c(cc1C)OCO2)C(=O)O. The van der Waals surface area contributed by atoms with E-state index in [1.165, 1.54) is 0 Å². The molecule has 0 fully saturated rings. The molecule has 1 aliphatic heterocycles. The number of carboxylic acid groups (broad SMARTS) is 1. The molecule has 0 radical (unpaired) electrons. The quantitative estimate of drug-likeness (QED) is 0.872. The first-order chi connectivity index (χ1) is 8.11. The van der Waals surface area contributed by atoms with Crippen LogP contribution in [0.2, 0.25) is 0 Å². The molecule has 17 heavy (non-hydrogen) atoms. The summed E-state index contributed by atoms with van der Waals surface area (Å²) in [6, 6.07) is 3.80. The van der Waals surface area contributed by atoms with Gasteiger partial charge in [0, 0.05) is 0 Å². The van der Waals surface area contributed by atoms with Crippen LogP contribution in [0.3, 0.4) is 0 Å². The molecule has 0 saturated carbocycles. The second kappa shape index (κ2) is 4.65. The molecule has 4 heteroatoms. The lowest BCUT2D eigenvalue weighted by Gasteiger charge is -2.12. The van der Waals surface area contributed by atoms with Crippen molar-refractivity contribution in [2.24, 2.45) is 5.92 Å². The molecule has 0 bridgehead atoms. The minimum Gasteiger partial charge on any atom is -0.481 e. The summed E-state index contributed by atoms with van der Waals surface area (Å²) < 4.78 is 10.6. The van der Waals surface area contributed by atoms with Gasteiger partial charge >= 0.3 is 5.97 Å². The van der Waals surface area contributed by atoms with E-state index in [9.17, 15) is 4.79 Å². The van der Waals surface area contributed by atoms with Crippen LogP contribution in [0.25, 0.3) is 0 Å². The van der Waals surface area contributed by atoms with E-state index in [0.29, 0.717) is 18.6 Å². The second-order valence-electron chi connectivity index (χ2n) is 4.28. The fraction of sp³-hybridized carbons (Fsp3) is 0.462. The number of ether oxygens (including phenoxy) is 2. The van der Waals surface area contributed by atoms with Gasteiger partial charge in [-0.3, -0.25) is 4.79 Å². The van der Waals surface area contributed by atoms with Gasteiger partial charge in [0.05, 0.1) is 5.92 Å². The zero-order valence-electron chi connectivity index (χ0n) is 10.0. The Kier molecular flexibility index (Phi) is 3.22. The largest absolute Gasteiger partial charge is 0.481 e. The minimum absolute atomic E-state index is 0.244. The highest BCUT2D eigenvalue weighted by atomic mass is 16.7. The third-order valence-corrected chi connectivity index (χ3v) is 3.14. The molecule has 0 saturated heterocycles. The first kappa shape index (κ1) is 11.8. The van der Waals surface area contributed by atoms with Gasteiger partial charge in [-0.2, -0.15) is 0 Å². The van der Waals surface area contributed by atoms with Crippen molar-refractivity contribution in [3.8, 4) is 11.5 Å². The van der Waals surface area contributed by atoms with Crippen LogP contribution in [0, 0.1) is 12.8 Å². The maximum absolute atomic E-state index is 11.0. The number of benzene rings is 1. The number of hydrogen-bond donors (Lipinski definition) is 1. The summed E-state index contributed by atoms with van der Waals surface area (Å²) in [6.07, 6.45) is 1.16. The zero-order chi connectivity index (χ0) is 12.4. The number of carbonyl (C=O) groups is 1. The average Bonchev–Trinajstić information content (AvgIpc) is 2.72. The van der Waals surface area contributed by atoms with Gasteiger partial charge in [0.2, 0.25) is 6.79 Å². The van der Waals surface area contributed by atoms with Crippen molar-refractivity contribution >= 4 is 5.97 Å². The highest BCUT2D eigenvalue weighted by molar-refractivity contribution is 5.70. The normalized spacial score (nSPS) is 14.7. The van der Waals surface area contributed by atoms with Crippen molar-refractivity contribution in [3.63, 3.8) is 0 Å². The van der Waals surface area contributed by atoms with Crippen molar-refractivity contribution in [3.05, 3.63) is 23.3 Å². The smallest absolute Gasteiger partial charge is 0.306 e. The lowest BCUT2D eigenvalue weighted by atomic mass is 9.94. The van der Waals surface area contributed by atoms with E-state index in [0.717, 1.165) is 16.9 Å². The number of fused-ring (bicyclic) bond motifs is 1. The molecule has 92 valence electrons. The minimum atomic E-state index is -0.746. The molecular formula is C13H16O4. The van der Waals surface area contributed by atoms with Crippen molar-refractivity contribution in [2.45, 2.75) is 26.7 Å². The number of aliphatic carboxylic acids is 1. The molecule has 0 amide bonds. The molecule has 1 aromatic carbocycles. The van der Waals surface area contributed by atoms with Crippen molar-refractivity contribution in [1.82, 2.24) is 0 Å². The summed E-state index contributed by atoms with van der Waals surface area (Å²) in [4.78, 5) is 11.0. The van der Waals surface area contributed by atoms with Gasteiger partial charge in [0.1, 0.15) is 0 Å². The average molecular weight is 236 g/mol. The van der Waals surface area contributed by atoms with Crippen LogP contribution < -0.4 is 9.47 Å². The van der Waals surface area contributed by atoms with Gasteiger partial charge in [-0.15, -0.1) is 0 Å². The van der Waals surface area contributed by atoms with Crippen LogP contribution in [0.1, 0.15) is 24.5 Å². The second-order valence-corrected chi connectivity index (χ2v) is 4.28. The molecule has 1 aromatic rings. The highest BCUT2D eigenvalue weighted by Crippen LogP contribution is 2.35. The molecule has 2 rings (SSSR count). The van der Waals surface area contributed by atoms with Crippen LogP contribution in [0.5, 0.6) is 11.5 Å². The summed E-state index contributed by atoms with van der Waals surface area (Å²) in [7, 11) is 0. The van der Waals surface area contributed by atoms with Crippen molar-refractivity contribution < 1.29 is 19.4 Å². The Labute approximate surface area is 100 Å². The number of aryl methyl sites for hydroxylation is 1. The monoisotopic (exact) mass is 236 g/mol. The maximum Gasteiger partial charge on any atom is 0.306 e. The Hall–Kier alpha value is -1.71. The first-order valence-corrected chi connectivity index (χ1v) is 5.73. The molecule has 0 spiro atoms. The van der Waals surface area contributed by atoms with Crippen LogP contribution in [-0.2, 0) is 11.2 Å². The molecule has 0 aromatic heterocycles. The standard InChI is InChI=1S/C13H16O4/c1-3-9(13(14)15)5-10-6-12-11(4-8(10)2)16-7-17-12/h4,6,9H,3,5,7H2,1-2H3,(H,14,15). The van der Waals surface area contributed by atoms with E-state index in [2.05, 4.69) is 0 Å². The number of rotatable bonds is 4. The molecule has 1 N–H and O–H groups in total. The summed E-state index contributed by atoms with van der Waals surface area (Å²) in [5.41, 5.74) is 2.07. The van der Waals surface area contributed by atoms with Gasteiger partial charge in [-0.05, 0) is 43.0 Å². The van der Waals surface area contributed by atoms with Gasteiger partial charge in [-0.25, -0.2) is 0 Å². The lowest BCUT2D eigenvalue weighted by molar-refractivity contribution is -0.141. The highest BCUT2D eigenvalue weighted by Gasteiger charge is 2.20. The van der Waals surface area contributed by atoms with E-state index in [1.54, 1.807) is 0 Å². The fourth-order valence-corrected chi connectivity index (χ4v) is 1.98. The van der Waals surface area contributed by atoms with Gasteiger partial charge in [-0.1, -0.05) is 6.92 Å². The maximum atomic E-state index is 11.0. The third kappa shape index (κ3) is 2.35. The van der Waals surface area contributed by atoms with Gasteiger partial charge < -0.3 is 14.6 Å². The first-order valence-electron chi connectivity index (χ1n) is 5.73. The van der Waals surface area contributed by atoms with Crippen molar-refractivity contribution in [2.75, 3.05) is 6.79 Å². The lowest BCUT2D eigenvalue weighted by Crippen LogP contribution is -2.15. The Bertz CT molecular complexity index is 439. The Morgan fingerprint density at radius 3 is 2.65 bits per heavy atom. The van der Waals surface area contributed by atoms with E-state index < -0.39 is 5.97 Å². The van der Waals surface area contributed by atoms with E-state index in [-0.39, 0.29) is 12.7 Å². The number of carboxylic acids is 1. The molecule has 0 aliphatic carbocycles. The molecule has 1 unspecified atom stereocenters. The van der Waals surface area contributed by atoms with Crippen molar-refractivity contribution in [1.29, 1.82) is 0 Å². The van der Waals surface area contributed by atoms with E-state index >= 15 is 0 Å². The Morgan fingerprint density at radius 2 is 2.06 bits per heavy atom. The molecule has 4 nitrogen and oxygen atoms in total.